The summed E-state index contributed by atoms with van der Waals surface area (Å²) in [5.41, 5.74) is 2.78. The quantitative estimate of drug-likeness (QED) is 0.439. The molecule has 0 saturated heterocycles. The highest BCUT2D eigenvalue weighted by atomic mass is 32.1. The molecule has 1 N–H and O–H groups in total. The maximum Gasteiger partial charge on any atom is 0.261 e. The normalized spacial score (nSPS) is 12.7. The molecule has 0 fully saturated rings. The summed E-state index contributed by atoms with van der Waals surface area (Å²) >= 11 is 1.26. The van der Waals surface area contributed by atoms with Gasteiger partial charge in [-0.25, -0.2) is 0 Å². The maximum atomic E-state index is 12.9. The van der Waals surface area contributed by atoms with Crippen molar-refractivity contribution in [2.75, 3.05) is 11.9 Å². The third kappa shape index (κ3) is 4.16. The van der Waals surface area contributed by atoms with Crippen LogP contribution in [0.1, 0.15) is 36.6 Å². The van der Waals surface area contributed by atoms with E-state index in [1.165, 1.54) is 28.4 Å². The van der Waals surface area contributed by atoms with Crippen molar-refractivity contribution in [2.24, 2.45) is 0 Å². The lowest BCUT2D eigenvalue weighted by atomic mass is 10.1. The molecule has 33 heavy (non-hydrogen) atoms. The minimum atomic E-state index is -0.420. The van der Waals surface area contributed by atoms with E-state index in [0.29, 0.717) is 22.1 Å². The molecule has 1 aliphatic rings. The van der Waals surface area contributed by atoms with Crippen molar-refractivity contribution in [3.05, 3.63) is 101 Å². The number of aromatic nitrogens is 2. The fourth-order valence-corrected chi connectivity index (χ4v) is 4.41. The molecule has 0 saturated carbocycles. The Labute approximate surface area is 193 Å². The lowest BCUT2D eigenvalue weighted by Gasteiger charge is -2.13. The van der Waals surface area contributed by atoms with Crippen LogP contribution in [0.25, 0.3) is 10.6 Å². The number of rotatable bonds is 6. The minimum Gasteiger partial charge on any atom is -0.296 e. The van der Waals surface area contributed by atoms with Gasteiger partial charge in [-0.2, -0.15) is 0 Å². The van der Waals surface area contributed by atoms with Gasteiger partial charge in [0, 0.05) is 17.7 Å². The molecule has 2 heterocycles. The number of imide groups is 1. The van der Waals surface area contributed by atoms with E-state index in [1.54, 1.807) is 6.07 Å². The van der Waals surface area contributed by atoms with E-state index < -0.39 is 5.91 Å². The smallest absolute Gasteiger partial charge is 0.261 e. The standard InChI is InChI=1S/C25H18N4O3S/c30-21(26-25-28-27-22(33-25)17-9-5-2-6-10-17)18-11-12-19-20(15-18)24(32)29(23(19)31)14-13-16-7-3-1-4-8-16/h1-12,15H,13-14H2,(H,26,28,30). The molecule has 1 aliphatic heterocycles. The van der Waals surface area contributed by atoms with Crippen LogP contribution in [0.5, 0.6) is 0 Å². The number of anilines is 1. The second-order valence-corrected chi connectivity index (χ2v) is 8.47. The molecule has 1 aromatic heterocycles. The average Bonchev–Trinajstić information content (AvgIpc) is 3.41. The molecular formula is C25H18N4O3S. The average molecular weight is 455 g/mol. The van der Waals surface area contributed by atoms with Gasteiger partial charge < -0.3 is 0 Å². The number of carbonyl (C=O) groups is 3. The van der Waals surface area contributed by atoms with Gasteiger partial charge in [-0.1, -0.05) is 72.0 Å². The molecule has 5 rings (SSSR count). The third-order valence-corrected chi connectivity index (χ3v) is 6.25. The molecule has 0 radical (unpaired) electrons. The number of amides is 3. The maximum absolute atomic E-state index is 12.9. The number of fused-ring (bicyclic) bond motifs is 1. The van der Waals surface area contributed by atoms with Gasteiger partial charge in [0.05, 0.1) is 11.1 Å². The summed E-state index contributed by atoms with van der Waals surface area (Å²) in [6.45, 7) is 0.283. The van der Waals surface area contributed by atoms with Crippen LogP contribution in [0.4, 0.5) is 5.13 Å². The molecule has 0 atom stereocenters. The van der Waals surface area contributed by atoms with Crippen LogP contribution in [-0.4, -0.2) is 39.4 Å². The van der Waals surface area contributed by atoms with E-state index in [4.69, 9.17) is 0 Å². The van der Waals surface area contributed by atoms with E-state index in [-0.39, 0.29) is 29.5 Å². The van der Waals surface area contributed by atoms with Crippen molar-refractivity contribution < 1.29 is 14.4 Å². The van der Waals surface area contributed by atoms with Crippen LogP contribution >= 0.6 is 11.3 Å². The fraction of sp³-hybridized carbons (Fsp3) is 0.0800. The topological polar surface area (TPSA) is 92.3 Å². The van der Waals surface area contributed by atoms with Crippen LogP contribution < -0.4 is 5.32 Å². The van der Waals surface area contributed by atoms with E-state index in [1.807, 2.05) is 60.7 Å². The van der Waals surface area contributed by atoms with Crippen molar-refractivity contribution >= 4 is 34.2 Å². The summed E-state index contributed by atoms with van der Waals surface area (Å²) in [7, 11) is 0. The van der Waals surface area contributed by atoms with E-state index in [9.17, 15) is 14.4 Å². The third-order valence-electron chi connectivity index (χ3n) is 5.37. The Balaban J connectivity index is 1.30. The Bertz CT molecular complexity index is 1350. The van der Waals surface area contributed by atoms with Crippen LogP contribution in [0.3, 0.4) is 0 Å². The molecule has 3 aromatic carbocycles. The largest absolute Gasteiger partial charge is 0.296 e. The number of nitrogens with zero attached hydrogens (tertiary/aromatic N) is 3. The second-order valence-electron chi connectivity index (χ2n) is 7.49. The predicted octanol–water partition coefficient (Wildman–Crippen LogP) is 4.30. The van der Waals surface area contributed by atoms with Crippen molar-refractivity contribution in [2.45, 2.75) is 6.42 Å². The summed E-state index contributed by atoms with van der Waals surface area (Å²) in [6, 6.07) is 23.8. The zero-order chi connectivity index (χ0) is 22.8. The highest BCUT2D eigenvalue weighted by Crippen LogP contribution is 2.27. The van der Waals surface area contributed by atoms with E-state index in [2.05, 4.69) is 15.5 Å². The summed E-state index contributed by atoms with van der Waals surface area (Å²) in [6.07, 6.45) is 0.570. The molecule has 0 aliphatic carbocycles. The van der Waals surface area contributed by atoms with Gasteiger partial charge in [-0.05, 0) is 30.2 Å². The lowest BCUT2D eigenvalue weighted by Crippen LogP contribution is -2.31. The minimum absolute atomic E-state index is 0.239. The zero-order valence-corrected chi connectivity index (χ0v) is 18.2. The number of carbonyl (C=O) groups excluding carboxylic acids is 3. The first-order valence-corrected chi connectivity index (χ1v) is 11.2. The summed E-state index contributed by atoms with van der Waals surface area (Å²) < 4.78 is 0. The SMILES string of the molecule is O=C(Nc1nnc(-c2ccccc2)s1)c1ccc2c(c1)C(=O)N(CCc1ccccc1)C2=O. The Morgan fingerprint density at radius 3 is 2.30 bits per heavy atom. The Morgan fingerprint density at radius 1 is 0.848 bits per heavy atom. The van der Waals surface area contributed by atoms with Gasteiger partial charge in [0.1, 0.15) is 5.01 Å². The molecule has 7 nitrogen and oxygen atoms in total. The predicted molar refractivity (Wildman–Crippen MR) is 125 cm³/mol. The summed E-state index contributed by atoms with van der Waals surface area (Å²) in [5.74, 6) is -1.14. The highest BCUT2D eigenvalue weighted by molar-refractivity contribution is 7.18. The first-order chi connectivity index (χ1) is 16.1. The Kier molecular flexibility index (Phi) is 5.50. The van der Waals surface area contributed by atoms with Crippen LogP contribution in [-0.2, 0) is 6.42 Å². The van der Waals surface area contributed by atoms with Gasteiger partial charge in [-0.15, -0.1) is 10.2 Å². The van der Waals surface area contributed by atoms with Crippen LogP contribution in [0.2, 0.25) is 0 Å². The summed E-state index contributed by atoms with van der Waals surface area (Å²) in [5, 5.41) is 11.9. The number of hydrogen-bond donors (Lipinski definition) is 1. The van der Waals surface area contributed by atoms with Crippen LogP contribution in [0, 0.1) is 0 Å². The number of nitrogens with one attached hydrogen (secondary N) is 1. The van der Waals surface area contributed by atoms with Gasteiger partial charge in [0.15, 0.2) is 0 Å². The first kappa shape index (κ1) is 20.7. The second kappa shape index (κ2) is 8.76. The molecule has 3 amide bonds. The van der Waals surface area contributed by atoms with Crippen molar-refractivity contribution in [3.63, 3.8) is 0 Å². The lowest BCUT2D eigenvalue weighted by molar-refractivity contribution is 0.0656. The molecule has 8 heteroatoms. The van der Waals surface area contributed by atoms with Crippen LogP contribution in [0.15, 0.2) is 78.9 Å². The molecule has 0 spiro atoms. The van der Waals surface area contributed by atoms with E-state index in [0.717, 1.165) is 11.1 Å². The van der Waals surface area contributed by atoms with Gasteiger partial charge in [0.2, 0.25) is 5.13 Å². The van der Waals surface area contributed by atoms with Gasteiger partial charge in [0.25, 0.3) is 17.7 Å². The number of benzene rings is 3. The Morgan fingerprint density at radius 2 is 1.55 bits per heavy atom. The van der Waals surface area contributed by atoms with E-state index >= 15 is 0 Å². The zero-order valence-electron chi connectivity index (χ0n) is 17.4. The van der Waals surface area contributed by atoms with Crippen molar-refractivity contribution in [3.8, 4) is 10.6 Å². The summed E-state index contributed by atoms with van der Waals surface area (Å²) in [4.78, 5) is 39.6. The monoisotopic (exact) mass is 454 g/mol. The molecular weight excluding hydrogens is 436 g/mol. The molecule has 0 bridgehead atoms. The van der Waals surface area contributed by atoms with Gasteiger partial charge >= 0.3 is 0 Å². The highest BCUT2D eigenvalue weighted by Gasteiger charge is 2.35. The first-order valence-electron chi connectivity index (χ1n) is 10.3. The Hall–Kier alpha value is -4.17. The molecule has 162 valence electrons. The number of hydrogen-bond acceptors (Lipinski definition) is 6. The van der Waals surface area contributed by atoms with Crippen molar-refractivity contribution in [1.29, 1.82) is 0 Å². The van der Waals surface area contributed by atoms with Crippen molar-refractivity contribution in [1.82, 2.24) is 15.1 Å². The molecule has 4 aromatic rings. The molecule has 0 unspecified atom stereocenters. The fourth-order valence-electron chi connectivity index (χ4n) is 3.66. The van der Waals surface area contributed by atoms with Gasteiger partial charge in [-0.3, -0.25) is 24.6 Å².